The van der Waals surface area contributed by atoms with E-state index in [0.29, 0.717) is 24.4 Å². The minimum atomic E-state index is -3.70. The molecule has 0 aromatic heterocycles. The number of nitrogens with one attached hydrogen (secondary N) is 2. The maximum atomic E-state index is 12.8. The van der Waals surface area contributed by atoms with Crippen molar-refractivity contribution in [2.24, 2.45) is 0 Å². The number of rotatable bonds is 9. The molecule has 2 rings (SSSR count). The minimum absolute atomic E-state index is 0.0447. The maximum Gasteiger partial charge on any atom is 0.251 e. The van der Waals surface area contributed by atoms with Gasteiger partial charge in [0.1, 0.15) is 11.8 Å². The number of sulfonamides is 1. The van der Waals surface area contributed by atoms with E-state index in [1.165, 1.54) is 29.6 Å². The first-order valence-corrected chi connectivity index (χ1v) is 11.0. The molecule has 2 N–H and O–H groups in total. The second-order valence-electron chi connectivity index (χ2n) is 6.50. The lowest BCUT2D eigenvalue weighted by atomic mass is 10.2. The average molecular weight is 434 g/mol. The molecule has 1 unspecified atom stereocenters. The fraction of sp³-hybridized carbons (Fsp3) is 0.333. The highest BCUT2D eigenvalue weighted by molar-refractivity contribution is 7.89. The lowest BCUT2D eigenvalue weighted by Gasteiger charge is -2.20. The molecule has 0 heterocycles. The molecular formula is C21H27N3O5S. The monoisotopic (exact) mass is 433 g/mol. The second kappa shape index (κ2) is 10.2. The molecule has 2 aromatic rings. The van der Waals surface area contributed by atoms with Crippen molar-refractivity contribution in [3.8, 4) is 5.75 Å². The zero-order valence-corrected chi connectivity index (χ0v) is 18.3. The first-order chi connectivity index (χ1) is 14.2. The van der Waals surface area contributed by atoms with Gasteiger partial charge in [-0.05, 0) is 37.3 Å². The molecule has 2 amide bonds. The lowest BCUT2D eigenvalue weighted by Crippen LogP contribution is -2.41. The Hall–Kier alpha value is -2.91. The van der Waals surface area contributed by atoms with Crippen LogP contribution in [0.15, 0.2) is 53.4 Å². The third-order valence-electron chi connectivity index (χ3n) is 4.55. The highest BCUT2D eigenvalue weighted by Crippen LogP contribution is 2.29. The van der Waals surface area contributed by atoms with Gasteiger partial charge in [0.05, 0.1) is 17.7 Å². The van der Waals surface area contributed by atoms with Gasteiger partial charge in [-0.15, -0.1) is 0 Å². The topological polar surface area (TPSA) is 105 Å². The Morgan fingerprint density at radius 3 is 2.27 bits per heavy atom. The SMILES string of the molecule is CCN(CC)S(=O)(=O)c1ccc(OC)c(NC(=O)C(C)NC(=O)c2ccccc2)c1. The molecule has 8 nitrogen and oxygen atoms in total. The van der Waals surface area contributed by atoms with Crippen LogP contribution in [0.25, 0.3) is 0 Å². The van der Waals surface area contributed by atoms with Gasteiger partial charge in [0.2, 0.25) is 15.9 Å². The Labute approximate surface area is 177 Å². The van der Waals surface area contributed by atoms with E-state index in [2.05, 4.69) is 10.6 Å². The lowest BCUT2D eigenvalue weighted by molar-refractivity contribution is -0.117. The third kappa shape index (κ3) is 5.37. The van der Waals surface area contributed by atoms with Crippen LogP contribution in [0, 0.1) is 0 Å². The van der Waals surface area contributed by atoms with Crippen molar-refractivity contribution < 1.29 is 22.7 Å². The van der Waals surface area contributed by atoms with Crippen molar-refractivity contribution in [3.63, 3.8) is 0 Å². The Morgan fingerprint density at radius 2 is 1.70 bits per heavy atom. The first kappa shape index (κ1) is 23.4. The number of carbonyl (C=O) groups is 2. The normalized spacial score (nSPS) is 12.3. The molecule has 0 fully saturated rings. The summed E-state index contributed by atoms with van der Waals surface area (Å²) in [5.41, 5.74) is 0.638. The Kier molecular flexibility index (Phi) is 7.96. The molecular weight excluding hydrogens is 406 g/mol. The number of nitrogens with zero attached hydrogens (tertiary/aromatic N) is 1. The van der Waals surface area contributed by atoms with Crippen LogP contribution < -0.4 is 15.4 Å². The van der Waals surface area contributed by atoms with Crippen molar-refractivity contribution in [2.75, 3.05) is 25.5 Å². The second-order valence-corrected chi connectivity index (χ2v) is 8.44. The molecule has 30 heavy (non-hydrogen) atoms. The molecule has 0 radical (unpaired) electrons. The zero-order valence-electron chi connectivity index (χ0n) is 17.5. The van der Waals surface area contributed by atoms with Crippen LogP contribution in [0.5, 0.6) is 5.75 Å². The van der Waals surface area contributed by atoms with Gasteiger partial charge >= 0.3 is 0 Å². The van der Waals surface area contributed by atoms with Crippen LogP contribution in [0.4, 0.5) is 5.69 Å². The standard InChI is InChI=1S/C21H27N3O5S/c1-5-24(6-2)30(27,28)17-12-13-19(29-4)18(14-17)23-20(25)15(3)22-21(26)16-10-8-7-9-11-16/h7-15H,5-6H2,1-4H3,(H,22,26)(H,23,25). The van der Waals surface area contributed by atoms with E-state index < -0.39 is 22.0 Å². The number of hydrogen-bond donors (Lipinski definition) is 2. The predicted octanol–water partition coefficient (Wildman–Crippen LogP) is 2.48. The van der Waals surface area contributed by atoms with Crippen LogP contribution >= 0.6 is 0 Å². The zero-order chi connectivity index (χ0) is 22.3. The largest absolute Gasteiger partial charge is 0.495 e. The van der Waals surface area contributed by atoms with Crippen LogP contribution in [0.3, 0.4) is 0 Å². The quantitative estimate of drug-likeness (QED) is 0.632. The van der Waals surface area contributed by atoms with Gasteiger partial charge < -0.3 is 15.4 Å². The molecule has 9 heteroatoms. The molecule has 0 spiro atoms. The van der Waals surface area contributed by atoms with E-state index in [1.54, 1.807) is 51.1 Å². The van der Waals surface area contributed by atoms with E-state index >= 15 is 0 Å². The van der Waals surface area contributed by atoms with Crippen LogP contribution in [-0.4, -0.2) is 50.8 Å². The number of ether oxygens (including phenoxy) is 1. The number of benzene rings is 2. The van der Waals surface area contributed by atoms with Gasteiger partial charge in [0.25, 0.3) is 5.91 Å². The van der Waals surface area contributed by atoms with Crippen molar-refractivity contribution in [1.29, 1.82) is 0 Å². The predicted molar refractivity (Wildman–Crippen MR) is 115 cm³/mol. The number of methoxy groups -OCH3 is 1. The summed E-state index contributed by atoms with van der Waals surface area (Å²) in [5.74, 6) is -0.582. The van der Waals surface area contributed by atoms with Crippen molar-refractivity contribution in [2.45, 2.75) is 31.7 Å². The molecule has 0 aliphatic carbocycles. The summed E-state index contributed by atoms with van der Waals surface area (Å²) in [5, 5.41) is 5.26. The number of amides is 2. The number of carbonyl (C=O) groups excluding carboxylic acids is 2. The van der Waals surface area contributed by atoms with Crippen LogP contribution in [-0.2, 0) is 14.8 Å². The molecule has 162 valence electrons. The van der Waals surface area contributed by atoms with Gasteiger partial charge in [-0.25, -0.2) is 8.42 Å². The fourth-order valence-electron chi connectivity index (χ4n) is 2.83. The first-order valence-electron chi connectivity index (χ1n) is 9.59. The van der Waals surface area contributed by atoms with E-state index in [9.17, 15) is 18.0 Å². The van der Waals surface area contributed by atoms with E-state index in [-0.39, 0.29) is 16.5 Å². The van der Waals surface area contributed by atoms with Crippen LogP contribution in [0.2, 0.25) is 0 Å². The van der Waals surface area contributed by atoms with Crippen molar-refractivity contribution in [3.05, 3.63) is 54.1 Å². The number of hydrogen-bond acceptors (Lipinski definition) is 5. The average Bonchev–Trinajstić information content (AvgIpc) is 2.74. The summed E-state index contributed by atoms with van der Waals surface area (Å²) in [7, 11) is -2.28. The van der Waals surface area contributed by atoms with E-state index in [1.807, 2.05) is 0 Å². The molecule has 1 atom stereocenters. The molecule has 0 saturated carbocycles. The summed E-state index contributed by atoms with van der Waals surface area (Å²) < 4.78 is 32.1. The Balaban J connectivity index is 2.22. The summed E-state index contributed by atoms with van der Waals surface area (Å²) in [4.78, 5) is 24.9. The Morgan fingerprint density at radius 1 is 1.07 bits per heavy atom. The maximum absolute atomic E-state index is 12.8. The highest BCUT2D eigenvalue weighted by Gasteiger charge is 2.24. The van der Waals surface area contributed by atoms with Crippen molar-refractivity contribution >= 4 is 27.5 Å². The summed E-state index contributed by atoms with van der Waals surface area (Å²) in [6, 6.07) is 12.0. The van der Waals surface area contributed by atoms with Crippen LogP contribution in [0.1, 0.15) is 31.1 Å². The highest BCUT2D eigenvalue weighted by atomic mass is 32.2. The molecule has 0 saturated heterocycles. The fourth-order valence-corrected chi connectivity index (χ4v) is 4.32. The molecule has 2 aromatic carbocycles. The molecule has 0 aliphatic rings. The van der Waals surface area contributed by atoms with Gasteiger partial charge in [-0.3, -0.25) is 9.59 Å². The van der Waals surface area contributed by atoms with Crippen molar-refractivity contribution in [1.82, 2.24) is 9.62 Å². The summed E-state index contributed by atoms with van der Waals surface area (Å²) in [6.45, 7) is 5.71. The summed E-state index contributed by atoms with van der Waals surface area (Å²) in [6.07, 6.45) is 0. The van der Waals surface area contributed by atoms with Gasteiger partial charge in [-0.1, -0.05) is 32.0 Å². The smallest absolute Gasteiger partial charge is 0.251 e. The van der Waals surface area contributed by atoms with E-state index in [4.69, 9.17) is 4.74 Å². The summed E-state index contributed by atoms with van der Waals surface area (Å²) >= 11 is 0. The van der Waals surface area contributed by atoms with Gasteiger partial charge in [-0.2, -0.15) is 4.31 Å². The molecule has 0 aliphatic heterocycles. The van der Waals surface area contributed by atoms with Gasteiger partial charge in [0, 0.05) is 18.7 Å². The number of anilines is 1. The Bertz CT molecular complexity index is 989. The van der Waals surface area contributed by atoms with Gasteiger partial charge in [0.15, 0.2) is 0 Å². The minimum Gasteiger partial charge on any atom is -0.495 e. The third-order valence-corrected chi connectivity index (χ3v) is 6.59. The van der Waals surface area contributed by atoms with E-state index in [0.717, 1.165) is 0 Å². The molecule has 0 bridgehead atoms.